The van der Waals surface area contributed by atoms with Gasteiger partial charge in [-0.1, -0.05) is 0 Å². The van der Waals surface area contributed by atoms with Crippen LogP contribution in [0.5, 0.6) is 0 Å². The van der Waals surface area contributed by atoms with Gasteiger partial charge in [0.05, 0.1) is 23.1 Å². The first kappa shape index (κ1) is 11.3. The van der Waals surface area contributed by atoms with Gasteiger partial charge in [-0.3, -0.25) is 9.89 Å². The molecular weight excluding hydrogens is 192 g/mol. The number of hydrogen-bond acceptors (Lipinski definition) is 3. The fourth-order valence-corrected chi connectivity index (χ4v) is 1.17. The van der Waals surface area contributed by atoms with Crippen molar-refractivity contribution in [2.24, 2.45) is 5.73 Å². The van der Waals surface area contributed by atoms with Crippen molar-refractivity contribution in [2.75, 3.05) is 5.32 Å². The first-order valence-corrected chi connectivity index (χ1v) is 4.57. The highest BCUT2D eigenvalue weighted by Gasteiger charge is 2.15. The number of anilines is 1. The molecule has 1 atom stereocenters. The summed E-state index contributed by atoms with van der Waals surface area (Å²) in [5, 5.41) is 9.41. The lowest BCUT2D eigenvalue weighted by atomic mass is 10.2. The Labute approximate surface area is 88.4 Å². The fraction of sp³-hybridized carbons (Fsp3) is 0.400. The molecule has 0 aliphatic rings. The molecule has 0 fully saturated rings. The maximum absolute atomic E-state index is 11.5. The summed E-state index contributed by atoms with van der Waals surface area (Å²) in [6.07, 6.45) is 5.30. The van der Waals surface area contributed by atoms with Gasteiger partial charge in [0.2, 0.25) is 5.91 Å². The summed E-state index contributed by atoms with van der Waals surface area (Å²) in [5.74, 6) is 2.06. The zero-order valence-corrected chi connectivity index (χ0v) is 8.79. The van der Waals surface area contributed by atoms with E-state index >= 15 is 0 Å². The Morgan fingerprint density at radius 2 is 2.40 bits per heavy atom. The van der Waals surface area contributed by atoms with Gasteiger partial charge in [0, 0.05) is 6.42 Å². The number of hydrogen-bond donors (Lipinski definition) is 3. The number of aryl methyl sites for hydroxylation is 2. The summed E-state index contributed by atoms with van der Waals surface area (Å²) < 4.78 is 0. The number of amides is 1. The second kappa shape index (κ2) is 4.62. The Balaban J connectivity index is 2.71. The molecule has 1 unspecified atom stereocenters. The molecule has 0 saturated carbocycles. The van der Waals surface area contributed by atoms with Gasteiger partial charge in [-0.2, -0.15) is 5.10 Å². The zero-order chi connectivity index (χ0) is 11.4. The highest BCUT2D eigenvalue weighted by atomic mass is 16.2. The first-order chi connectivity index (χ1) is 7.06. The van der Waals surface area contributed by atoms with Crippen LogP contribution in [0.25, 0.3) is 0 Å². The van der Waals surface area contributed by atoms with Crippen molar-refractivity contribution in [3.8, 4) is 12.3 Å². The Hall–Kier alpha value is -1.80. The second-order valence-corrected chi connectivity index (χ2v) is 3.31. The third-order valence-electron chi connectivity index (χ3n) is 2.05. The fourth-order valence-electron chi connectivity index (χ4n) is 1.17. The van der Waals surface area contributed by atoms with Crippen molar-refractivity contribution in [2.45, 2.75) is 26.3 Å². The maximum atomic E-state index is 11.5. The number of aromatic nitrogens is 2. The van der Waals surface area contributed by atoms with Crippen molar-refractivity contribution in [1.29, 1.82) is 0 Å². The minimum Gasteiger partial charge on any atom is -0.322 e. The van der Waals surface area contributed by atoms with Crippen molar-refractivity contribution in [3.05, 3.63) is 11.4 Å². The van der Waals surface area contributed by atoms with E-state index < -0.39 is 6.04 Å². The van der Waals surface area contributed by atoms with Gasteiger partial charge in [0.15, 0.2) is 0 Å². The zero-order valence-electron chi connectivity index (χ0n) is 8.79. The number of nitrogens with two attached hydrogens (primary N) is 1. The normalized spacial score (nSPS) is 11.9. The molecule has 5 nitrogen and oxygen atoms in total. The van der Waals surface area contributed by atoms with Gasteiger partial charge in [0.1, 0.15) is 0 Å². The summed E-state index contributed by atoms with van der Waals surface area (Å²) in [4.78, 5) is 11.5. The molecule has 1 rings (SSSR count). The van der Waals surface area contributed by atoms with E-state index in [9.17, 15) is 4.79 Å². The van der Waals surface area contributed by atoms with E-state index in [4.69, 9.17) is 12.2 Å². The number of rotatable bonds is 3. The van der Waals surface area contributed by atoms with Crippen LogP contribution in [0.3, 0.4) is 0 Å². The molecule has 0 bridgehead atoms. The lowest BCUT2D eigenvalue weighted by Crippen LogP contribution is -2.35. The van der Waals surface area contributed by atoms with Crippen LogP contribution in [0.15, 0.2) is 0 Å². The van der Waals surface area contributed by atoms with Crippen LogP contribution in [0.2, 0.25) is 0 Å². The summed E-state index contributed by atoms with van der Waals surface area (Å²) in [6.45, 7) is 3.62. The van der Waals surface area contributed by atoms with Crippen LogP contribution in [-0.2, 0) is 4.79 Å². The molecule has 1 aromatic heterocycles. The lowest BCUT2D eigenvalue weighted by molar-refractivity contribution is -0.117. The van der Waals surface area contributed by atoms with E-state index in [1.807, 2.05) is 6.92 Å². The van der Waals surface area contributed by atoms with Crippen molar-refractivity contribution < 1.29 is 4.79 Å². The topological polar surface area (TPSA) is 83.8 Å². The molecule has 0 aliphatic carbocycles. The summed E-state index contributed by atoms with van der Waals surface area (Å²) in [7, 11) is 0. The van der Waals surface area contributed by atoms with Crippen LogP contribution in [0, 0.1) is 26.2 Å². The molecule has 15 heavy (non-hydrogen) atoms. The predicted octanol–water partition coefficient (Wildman–Crippen LogP) is 0.316. The minimum absolute atomic E-state index is 0.224. The Bertz CT molecular complexity index is 383. The SMILES string of the molecule is C#CCC(N)C(=O)Nc1c(C)n[nH]c1C. The highest BCUT2D eigenvalue weighted by Crippen LogP contribution is 2.15. The Kier molecular flexibility index (Phi) is 3.47. The second-order valence-electron chi connectivity index (χ2n) is 3.31. The number of nitrogens with one attached hydrogen (secondary N) is 2. The number of carbonyl (C=O) groups is 1. The van der Waals surface area contributed by atoms with Crippen LogP contribution < -0.4 is 11.1 Å². The predicted molar refractivity (Wildman–Crippen MR) is 58.1 cm³/mol. The van der Waals surface area contributed by atoms with E-state index in [0.717, 1.165) is 11.4 Å². The molecule has 0 radical (unpaired) electrons. The van der Waals surface area contributed by atoms with Crippen LogP contribution in [0.1, 0.15) is 17.8 Å². The first-order valence-electron chi connectivity index (χ1n) is 4.57. The molecule has 1 heterocycles. The molecule has 4 N–H and O–H groups in total. The van der Waals surface area contributed by atoms with E-state index in [1.54, 1.807) is 6.92 Å². The third-order valence-corrected chi connectivity index (χ3v) is 2.05. The number of aromatic amines is 1. The van der Waals surface area contributed by atoms with Gasteiger partial charge >= 0.3 is 0 Å². The average Bonchev–Trinajstić information content (AvgIpc) is 2.49. The Morgan fingerprint density at radius 1 is 1.73 bits per heavy atom. The quantitative estimate of drug-likeness (QED) is 0.622. The summed E-state index contributed by atoms with van der Waals surface area (Å²) >= 11 is 0. The molecule has 0 spiro atoms. The number of carbonyl (C=O) groups excluding carboxylic acids is 1. The standard InChI is InChI=1S/C10H14N4O/c1-4-5-8(11)10(15)12-9-6(2)13-14-7(9)3/h1,8H,5,11H2,2-3H3,(H,12,15)(H,13,14). The van der Waals surface area contributed by atoms with Gasteiger partial charge in [-0.15, -0.1) is 12.3 Å². The summed E-state index contributed by atoms with van der Waals surface area (Å²) in [6, 6.07) is -0.677. The molecule has 0 aromatic carbocycles. The van der Waals surface area contributed by atoms with Crippen molar-refractivity contribution >= 4 is 11.6 Å². The smallest absolute Gasteiger partial charge is 0.242 e. The molecule has 1 amide bonds. The molecule has 80 valence electrons. The number of H-pyrrole nitrogens is 1. The van der Waals surface area contributed by atoms with E-state index in [2.05, 4.69) is 21.4 Å². The van der Waals surface area contributed by atoms with Gasteiger partial charge in [0.25, 0.3) is 0 Å². The minimum atomic E-state index is -0.677. The van der Waals surface area contributed by atoms with Crippen molar-refractivity contribution in [3.63, 3.8) is 0 Å². The largest absolute Gasteiger partial charge is 0.322 e. The molecule has 1 aromatic rings. The molecule has 0 aliphatic heterocycles. The molecule has 5 heteroatoms. The number of nitrogens with zero attached hydrogens (tertiary/aromatic N) is 1. The van der Waals surface area contributed by atoms with Crippen molar-refractivity contribution in [1.82, 2.24) is 10.2 Å². The number of terminal acetylenes is 1. The van der Waals surface area contributed by atoms with E-state index in [0.29, 0.717) is 5.69 Å². The third kappa shape index (κ3) is 2.58. The van der Waals surface area contributed by atoms with Crippen LogP contribution >= 0.6 is 0 Å². The Morgan fingerprint density at radius 3 is 2.87 bits per heavy atom. The molecule has 0 saturated heterocycles. The van der Waals surface area contributed by atoms with Gasteiger partial charge < -0.3 is 11.1 Å². The monoisotopic (exact) mass is 206 g/mol. The summed E-state index contributed by atoms with van der Waals surface area (Å²) in [5.41, 5.74) is 7.76. The van der Waals surface area contributed by atoms with E-state index in [1.165, 1.54) is 0 Å². The van der Waals surface area contributed by atoms with E-state index in [-0.39, 0.29) is 12.3 Å². The maximum Gasteiger partial charge on any atom is 0.242 e. The highest BCUT2D eigenvalue weighted by molar-refractivity contribution is 5.95. The van der Waals surface area contributed by atoms with Gasteiger partial charge in [-0.25, -0.2) is 0 Å². The van der Waals surface area contributed by atoms with Crippen LogP contribution in [0.4, 0.5) is 5.69 Å². The van der Waals surface area contributed by atoms with Crippen LogP contribution in [-0.4, -0.2) is 22.1 Å². The van der Waals surface area contributed by atoms with Gasteiger partial charge in [-0.05, 0) is 13.8 Å². The molecular formula is C10H14N4O. The lowest BCUT2D eigenvalue weighted by Gasteiger charge is -2.09. The average molecular weight is 206 g/mol.